The fraction of sp³-hybridized carbons (Fsp3) is 0.304. The maximum Gasteiger partial charge on any atom is 0.273 e. The van der Waals surface area contributed by atoms with Crippen LogP contribution in [0.3, 0.4) is 0 Å². The van der Waals surface area contributed by atoms with E-state index in [0.717, 1.165) is 5.56 Å². The third-order valence-corrected chi connectivity index (χ3v) is 7.23. The summed E-state index contributed by atoms with van der Waals surface area (Å²) in [6.07, 6.45) is -0.355. The maximum atomic E-state index is 13.0. The van der Waals surface area contributed by atoms with Gasteiger partial charge in [0.1, 0.15) is 11.4 Å². The Morgan fingerprint density at radius 2 is 1.79 bits per heavy atom. The Morgan fingerprint density at radius 3 is 2.45 bits per heavy atom. The lowest BCUT2D eigenvalue weighted by atomic mass is 10.1. The molecule has 10 heteroatoms. The molecule has 4 rings (SSSR count). The van der Waals surface area contributed by atoms with Gasteiger partial charge in [-0.15, -0.1) is 0 Å². The molecule has 0 radical (unpaired) electrons. The molecule has 9 nitrogen and oxygen atoms in total. The summed E-state index contributed by atoms with van der Waals surface area (Å²) in [5.74, 6) is -0.368. The highest BCUT2D eigenvalue weighted by atomic mass is 32.2. The van der Waals surface area contributed by atoms with Crippen LogP contribution in [0.5, 0.6) is 5.75 Å². The number of morpholine rings is 1. The van der Waals surface area contributed by atoms with E-state index in [1.54, 1.807) is 36.4 Å². The number of carbonyl (C=O) groups is 1. The molecule has 1 saturated heterocycles. The number of phenols is 1. The fourth-order valence-electron chi connectivity index (χ4n) is 3.82. The lowest BCUT2D eigenvalue weighted by molar-refractivity contribution is -0.0440. The molecular formula is C23H26N4O5S. The minimum Gasteiger partial charge on any atom is -0.507 e. The molecule has 1 aliphatic heterocycles. The third kappa shape index (κ3) is 4.92. The van der Waals surface area contributed by atoms with Crippen LogP contribution in [0.1, 0.15) is 29.9 Å². The number of aryl methyl sites for hydroxylation is 1. The molecule has 0 unspecified atom stereocenters. The molecule has 174 valence electrons. The highest BCUT2D eigenvalue weighted by Gasteiger charge is 2.32. The number of hydrogen-bond acceptors (Lipinski definition) is 6. The Labute approximate surface area is 192 Å². The summed E-state index contributed by atoms with van der Waals surface area (Å²) >= 11 is 0. The Balaban J connectivity index is 1.47. The summed E-state index contributed by atoms with van der Waals surface area (Å²) in [5, 5.41) is 19.6. The molecule has 1 fully saturated rings. The van der Waals surface area contributed by atoms with Gasteiger partial charge in [0.25, 0.3) is 5.91 Å². The summed E-state index contributed by atoms with van der Waals surface area (Å²) in [6, 6.07) is 12.7. The molecule has 1 aromatic heterocycles. The van der Waals surface area contributed by atoms with Gasteiger partial charge in [-0.25, -0.2) is 8.42 Å². The number of hydrogen-bond donors (Lipinski definition) is 3. The number of ether oxygens (including phenoxy) is 1. The number of amides is 1. The molecule has 0 spiro atoms. The minimum atomic E-state index is -3.66. The second kappa shape index (κ2) is 8.97. The molecule has 1 aliphatic rings. The van der Waals surface area contributed by atoms with Crippen molar-refractivity contribution in [1.82, 2.24) is 14.5 Å². The molecule has 3 aromatic rings. The molecule has 2 aromatic carbocycles. The number of H-pyrrole nitrogens is 1. The van der Waals surface area contributed by atoms with E-state index in [4.69, 9.17) is 4.74 Å². The highest BCUT2D eigenvalue weighted by molar-refractivity contribution is 7.89. The fourth-order valence-corrected chi connectivity index (χ4v) is 5.41. The van der Waals surface area contributed by atoms with Crippen molar-refractivity contribution in [2.75, 3.05) is 18.4 Å². The van der Waals surface area contributed by atoms with Gasteiger partial charge in [0.05, 0.1) is 22.8 Å². The van der Waals surface area contributed by atoms with Crippen molar-refractivity contribution in [3.8, 4) is 17.0 Å². The van der Waals surface area contributed by atoms with Crippen molar-refractivity contribution < 1.29 is 23.1 Å². The van der Waals surface area contributed by atoms with Crippen molar-refractivity contribution in [2.24, 2.45) is 0 Å². The van der Waals surface area contributed by atoms with Crippen LogP contribution in [0.4, 0.5) is 5.69 Å². The molecule has 33 heavy (non-hydrogen) atoms. The van der Waals surface area contributed by atoms with Gasteiger partial charge in [-0.3, -0.25) is 9.89 Å². The van der Waals surface area contributed by atoms with Gasteiger partial charge < -0.3 is 15.2 Å². The minimum absolute atomic E-state index is 0.0694. The monoisotopic (exact) mass is 470 g/mol. The van der Waals surface area contributed by atoms with E-state index in [9.17, 15) is 18.3 Å². The largest absolute Gasteiger partial charge is 0.507 e. The number of anilines is 1. The normalized spacial score (nSPS) is 19.4. The van der Waals surface area contributed by atoms with E-state index in [1.807, 2.05) is 20.8 Å². The van der Waals surface area contributed by atoms with E-state index in [2.05, 4.69) is 15.5 Å². The van der Waals surface area contributed by atoms with Crippen LogP contribution in [0, 0.1) is 6.92 Å². The summed E-state index contributed by atoms with van der Waals surface area (Å²) in [6.45, 7) is 6.18. The van der Waals surface area contributed by atoms with E-state index < -0.39 is 15.9 Å². The predicted octanol–water partition coefficient (Wildman–Crippen LogP) is 3.14. The molecule has 1 amide bonds. The Hall–Kier alpha value is -3.21. The smallest absolute Gasteiger partial charge is 0.273 e. The topological polar surface area (TPSA) is 125 Å². The quantitative estimate of drug-likeness (QED) is 0.526. The standard InChI is InChI=1S/C23H26N4O5S/c1-14-4-9-22(28)19(10-14)20-11-21(26-25-20)23(29)24-17-5-7-18(8-6-17)33(30,31)27-12-15(2)32-16(3)13-27/h4-11,15-16,28H,12-13H2,1-3H3,(H,24,29)(H,25,26)/t15-,16-/m1/s1. The van der Waals surface area contributed by atoms with Gasteiger partial charge in [0.2, 0.25) is 10.0 Å². The van der Waals surface area contributed by atoms with Crippen LogP contribution in [-0.4, -0.2) is 59.2 Å². The van der Waals surface area contributed by atoms with Crippen LogP contribution < -0.4 is 5.32 Å². The van der Waals surface area contributed by atoms with Gasteiger partial charge in [0.15, 0.2) is 0 Å². The SMILES string of the molecule is Cc1ccc(O)c(-c2cc(C(=O)Nc3ccc(S(=O)(=O)N4C[C@@H](C)O[C@H](C)C4)cc3)[nH]n2)c1. The van der Waals surface area contributed by atoms with Gasteiger partial charge in [-0.05, 0) is 63.2 Å². The molecule has 2 heterocycles. The summed E-state index contributed by atoms with van der Waals surface area (Å²) in [4.78, 5) is 12.8. The van der Waals surface area contributed by atoms with E-state index in [1.165, 1.54) is 16.4 Å². The number of rotatable bonds is 5. The number of carbonyl (C=O) groups excluding carboxylic acids is 1. The Kier molecular flexibility index (Phi) is 6.24. The lowest BCUT2D eigenvalue weighted by Gasteiger charge is -2.34. The van der Waals surface area contributed by atoms with E-state index in [-0.39, 0.29) is 28.5 Å². The molecular weight excluding hydrogens is 444 g/mol. The number of benzene rings is 2. The van der Waals surface area contributed by atoms with Crippen LogP contribution in [-0.2, 0) is 14.8 Å². The molecule has 0 bridgehead atoms. The first-order chi connectivity index (χ1) is 15.6. The molecule has 3 N–H and O–H groups in total. The average Bonchev–Trinajstić information content (AvgIpc) is 3.25. The number of nitrogens with zero attached hydrogens (tertiary/aromatic N) is 2. The van der Waals surface area contributed by atoms with Gasteiger partial charge in [-0.2, -0.15) is 9.40 Å². The molecule has 0 saturated carbocycles. The zero-order valence-corrected chi connectivity index (χ0v) is 19.4. The van der Waals surface area contributed by atoms with E-state index in [0.29, 0.717) is 30.0 Å². The summed E-state index contributed by atoms with van der Waals surface area (Å²) < 4.78 is 33.0. The van der Waals surface area contributed by atoms with Gasteiger partial charge in [-0.1, -0.05) is 11.6 Å². The van der Waals surface area contributed by atoms with Crippen molar-refractivity contribution in [2.45, 2.75) is 37.9 Å². The lowest BCUT2D eigenvalue weighted by Crippen LogP contribution is -2.48. The first-order valence-corrected chi connectivity index (χ1v) is 12.0. The average molecular weight is 471 g/mol. The first-order valence-electron chi connectivity index (χ1n) is 10.6. The van der Waals surface area contributed by atoms with Gasteiger partial charge >= 0.3 is 0 Å². The Morgan fingerprint density at radius 1 is 1.12 bits per heavy atom. The van der Waals surface area contributed by atoms with Crippen molar-refractivity contribution in [1.29, 1.82) is 0 Å². The van der Waals surface area contributed by atoms with Crippen molar-refractivity contribution in [3.63, 3.8) is 0 Å². The number of aromatic hydroxyl groups is 1. The molecule has 2 atom stereocenters. The van der Waals surface area contributed by atoms with Crippen molar-refractivity contribution in [3.05, 3.63) is 59.8 Å². The number of nitrogens with one attached hydrogen (secondary N) is 2. The van der Waals surface area contributed by atoms with E-state index >= 15 is 0 Å². The molecule has 0 aliphatic carbocycles. The zero-order chi connectivity index (χ0) is 23.8. The number of aromatic nitrogens is 2. The van der Waals surface area contributed by atoms with Crippen molar-refractivity contribution >= 4 is 21.6 Å². The second-order valence-electron chi connectivity index (χ2n) is 8.25. The number of sulfonamides is 1. The second-order valence-corrected chi connectivity index (χ2v) is 10.2. The maximum absolute atomic E-state index is 13.0. The predicted molar refractivity (Wildman–Crippen MR) is 124 cm³/mol. The summed E-state index contributed by atoms with van der Waals surface area (Å²) in [5.41, 5.74) is 2.56. The number of aromatic amines is 1. The van der Waals surface area contributed by atoms with Crippen LogP contribution >= 0.6 is 0 Å². The van der Waals surface area contributed by atoms with Crippen LogP contribution in [0.15, 0.2) is 53.4 Å². The highest BCUT2D eigenvalue weighted by Crippen LogP contribution is 2.29. The third-order valence-electron chi connectivity index (χ3n) is 5.39. The zero-order valence-electron chi connectivity index (χ0n) is 18.6. The van der Waals surface area contributed by atoms with Crippen LogP contribution in [0.25, 0.3) is 11.3 Å². The number of phenolic OH excluding ortho intramolecular Hbond substituents is 1. The Bertz CT molecular complexity index is 1260. The van der Waals surface area contributed by atoms with Crippen LogP contribution in [0.2, 0.25) is 0 Å². The van der Waals surface area contributed by atoms with Gasteiger partial charge in [0, 0.05) is 24.3 Å². The first kappa shape index (κ1) is 23.0. The summed E-state index contributed by atoms with van der Waals surface area (Å²) in [7, 11) is -3.66.